The summed E-state index contributed by atoms with van der Waals surface area (Å²) in [6, 6.07) is 7.52. The Bertz CT molecular complexity index is 1050. The lowest BCUT2D eigenvalue weighted by Gasteiger charge is -2.26. The van der Waals surface area contributed by atoms with Crippen molar-refractivity contribution in [3.63, 3.8) is 0 Å². The first-order valence-corrected chi connectivity index (χ1v) is 11.7. The van der Waals surface area contributed by atoms with Gasteiger partial charge in [0.05, 0.1) is 16.4 Å². The van der Waals surface area contributed by atoms with Crippen LogP contribution in [0.3, 0.4) is 0 Å². The minimum atomic E-state index is -0.206. The molecule has 1 aliphatic carbocycles. The number of nitrogens with zero attached hydrogens (tertiary/aromatic N) is 3. The summed E-state index contributed by atoms with van der Waals surface area (Å²) in [4.78, 5) is 13.1. The molecule has 1 atom stereocenters. The van der Waals surface area contributed by atoms with Gasteiger partial charge in [-0.05, 0) is 50.3 Å². The topological polar surface area (TPSA) is 50.2 Å². The number of nitrogens with one attached hydrogen (secondary N) is 1. The van der Waals surface area contributed by atoms with Crippen molar-refractivity contribution in [3.8, 4) is 11.3 Å². The van der Waals surface area contributed by atoms with Crippen LogP contribution < -0.4 is 5.43 Å². The molecule has 0 saturated carbocycles. The molecule has 1 unspecified atom stereocenters. The predicted molar refractivity (Wildman–Crippen MR) is 127 cm³/mol. The Hall–Kier alpha value is -1.79. The van der Waals surface area contributed by atoms with Crippen molar-refractivity contribution in [1.29, 1.82) is 0 Å². The molecular weight excluding hydrogens is 455 g/mol. The molecule has 1 aromatic carbocycles. The van der Waals surface area contributed by atoms with Crippen LogP contribution in [-0.4, -0.2) is 33.8 Å². The van der Waals surface area contributed by atoms with Gasteiger partial charge in [0.25, 0.3) is 5.91 Å². The largest absolute Gasteiger partial charge is 0.286 e. The number of piperidine rings is 1. The third kappa shape index (κ3) is 4.70. The van der Waals surface area contributed by atoms with E-state index < -0.39 is 0 Å². The first kappa shape index (κ1) is 22.4. The summed E-state index contributed by atoms with van der Waals surface area (Å²) in [5.41, 5.74) is 6.77. The summed E-state index contributed by atoms with van der Waals surface area (Å²) in [6.07, 6.45) is 5.75. The summed E-state index contributed by atoms with van der Waals surface area (Å²) in [5, 5.41) is 8.61. The Balaban J connectivity index is 1.79. The average molecular weight is 480 g/mol. The Morgan fingerprint density at radius 2 is 1.77 bits per heavy atom. The monoisotopic (exact) mass is 478 g/mol. The highest BCUT2D eigenvalue weighted by Crippen LogP contribution is 2.39. The van der Waals surface area contributed by atoms with E-state index in [2.05, 4.69) is 5.43 Å². The normalized spacial score (nSPS) is 20.0. The summed E-state index contributed by atoms with van der Waals surface area (Å²) in [6.45, 7) is 5.67. The predicted octanol–water partition coefficient (Wildman–Crippen LogP) is 6.21. The molecule has 164 valence electrons. The standard InChI is InChI=1S/C23H25Cl3N4O/c1-14-12-20(19(26)13-18(14)25)30-22(16-6-8-17(24)9-7-16)15(2)21(27-30)23(31)28-29-10-4-3-5-11-29/h6-9,13-14H,3-5,10-12H2,1-2H3,(H,28,31). The molecule has 0 bridgehead atoms. The van der Waals surface area contributed by atoms with E-state index >= 15 is 0 Å². The molecular formula is C23H25Cl3N4O. The van der Waals surface area contributed by atoms with Crippen LogP contribution >= 0.6 is 34.8 Å². The molecule has 2 aromatic rings. The van der Waals surface area contributed by atoms with E-state index in [1.165, 1.54) is 6.42 Å². The van der Waals surface area contributed by atoms with Crippen LogP contribution in [-0.2, 0) is 0 Å². The highest BCUT2D eigenvalue weighted by molar-refractivity contribution is 6.37. The van der Waals surface area contributed by atoms with Gasteiger partial charge in [-0.1, -0.05) is 60.3 Å². The minimum absolute atomic E-state index is 0.118. The zero-order valence-corrected chi connectivity index (χ0v) is 19.9. The fraction of sp³-hybridized carbons (Fsp3) is 0.391. The van der Waals surface area contributed by atoms with Crippen LogP contribution in [0, 0.1) is 12.8 Å². The Morgan fingerprint density at radius 1 is 1.10 bits per heavy atom. The average Bonchev–Trinajstić information content (AvgIpc) is 3.09. The summed E-state index contributed by atoms with van der Waals surface area (Å²) >= 11 is 19.0. The van der Waals surface area contributed by atoms with E-state index in [9.17, 15) is 4.79 Å². The van der Waals surface area contributed by atoms with Crippen molar-refractivity contribution in [2.45, 2.75) is 39.5 Å². The quantitative estimate of drug-likeness (QED) is 0.567. The van der Waals surface area contributed by atoms with E-state index in [1.54, 1.807) is 10.8 Å². The fourth-order valence-corrected chi connectivity index (χ4v) is 4.72. The van der Waals surface area contributed by atoms with Crippen LogP contribution in [0.2, 0.25) is 5.02 Å². The lowest BCUT2D eigenvalue weighted by Crippen LogP contribution is -2.45. The molecule has 4 rings (SSSR count). The van der Waals surface area contributed by atoms with Crippen LogP contribution in [0.1, 0.15) is 48.7 Å². The lowest BCUT2D eigenvalue weighted by molar-refractivity contribution is 0.0743. The summed E-state index contributed by atoms with van der Waals surface area (Å²) in [7, 11) is 0. The molecule has 0 radical (unpaired) electrons. The second kappa shape index (κ2) is 9.37. The zero-order valence-electron chi connectivity index (χ0n) is 17.6. The number of aromatic nitrogens is 2. The molecule has 1 aliphatic heterocycles. The molecule has 1 N–H and O–H groups in total. The second-order valence-corrected chi connectivity index (χ2v) is 9.44. The van der Waals surface area contributed by atoms with Gasteiger partial charge in [-0.3, -0.25) is 10.2 Å². The van der Waals surface area contributed by atoms with Crippen molar-refractivity contribution >= 4 is 46.4 Å². The molecule has 1 amide bonds. The number of halogens is 3. The molecule has 0 spiro atoms. The molecule has 2 aliphatic rings. The molecule has 1 fully saturated rings. The van der Waals surface area contributed by atoms with Gasteiger partial charge in [0.2, 0.25) is 0 Å². The number of amides is 1. The van der Waals surface area contributed by atoms with Crippen LogP contribution in [0.25, 0.3) is 17.0 Å². The summed E-state index contributed by atoms with van der Waals surface area (Å²) in [5.74, 6) is -0.0881. The van der Waals surface area contributed by atoms with Gasteiger partial charge < -0.3 is 0 Å². The van der Waals surface area contributed by atoms with Crippen LogP contribution in [0.15, 0.2) is 40.4 Å². The third-order valence-electron chi connectivity index (χ3n) is 5.84. The van der Waals surface area contributed by atoms with Gasteiger partial charge in [0.1, 0.15) is 0 Å². The highest BCUT2D eigenvalue weighted by Gasteiger charge is 2.28. The Kier molecular flexibility index (Phi) is 6.77. The van der Waals surface area contributed by atoms with E-state index in [4.69, 9.17) is 39.9 Å². The molecule has 2 heterocycles. The maximum absolute atomic E-state index is 13.1. The first-order valence-electron chi connectivity index (χ1n) is 10.5. The smallest absolute Gasteiger partial charge is 0.283 e. The highest BCUT2D eigenvalue weighted by atomic mass is 35.5. The number of hydrogen-bond acceptors (Lipinski definition) is 3. The molecule has 31 heavy (non-hydrogen) atoms. The second-order valence-electron chi connectivity index (χ2n) is 8.16. The van der Waals surface area contributed by atoms with Gasteiger partial charge in [0, 0.05) is 34.3 Å². The van der Waals surface area contributed by atoms with E-state index in [0.29, 0.717) is 27.2 Å². The molecule has 8 heteroatoms. The first-order chi connectivity index (χ1) is 14.8. The minimum Gasteiger partial charge on any atom is -0.283 e. The molecule has 1 aromatic heterocycles. The van der Waals surface area contributed by atoms with E-state index in [1.807, 2.05) is 43.1 Å². The van der Waals surface area contributed by atoms with Crippen molar-refractivity contribution < 1.29 is 4.79 Å². The lowest BCUT2D eigenvalue weighted by atomic mass is 9.99. The summed E-state index contributed by atoms with van der Waals surface area (Å²) < 4.78 is 1.79. The van der Waals surface area contributed by atoms with Gasteiger partial charge in [0.15, 0.2) is 5.69 Å². The SMILES string of the molecule is Cc1c(C(=O)NN2CCCCC2)nn(C2=C(Cl)C=C(Cl)C(C)C2)c1-c1ccc(Cl)cc1. The number of hydrazine groups is 1. The van der Waals surface area contributed by atoms with Crippen LogP contribution in [0.5, 0.6) is 0 Å². The van der Waals surface area contributed by atoms with Gasteiger partial charge >= 0.3 is 0 Å². The van der Waals surface area contributed by atoms with Crippen molar-refractivity contribution in [1.82, 2.24) is 20.2 Å². The van der Waals surface area contributed by atoms with Gasteiger partial charge in [-0.2, -0.15) is 5.10 Å². The van der Waals surface area contributed by atoms with Crippen molar-refractivity contribution in [2.75, 3.05) is 13.1 Å². The Labute approximate surface area is 197 Å². The number of rotatable bonds is 4. The fourth-order valence-electron chi connectivity index (χ4n) is 4.08. The number of allylic oxidation sites excluding steroid dienone is 4. The van der Waals surface area contributed by atoms with Crippen LogP contribution in [0.4, 0.5) is 0 Å². The number of benzene rings is 1. The van der Waals surface area contributed by atoms with E-state index in [0.717, 1.165) is 48.4 Å². The third-order valence-corrected chi connectivity index (χ3v) is 6.90. The maximum atomic E-state index is 13.1. The maximum Gasteiger partial charge on any atom is 0.286 e. The molecule has 5 nitrogen and oxygen atoms in total. The zero-order chi connectivity index (χ0) is 22.1. The Morgan fingerprint density at radius 3 is 2.45 bits per heavy atom. The number of carbonyl (C=O) groups is 1. The molecule has 1 saturated heterocycles. The number of hydrogen-bond donors (Lipinski definition) is 1. The van der Waals surface area contributed by atoms with E-state index in [-0.39, 0.29) is 11.8 Å². The van der Waals surface area contributed by atoms with Crippen molar-refractivity contribution in [3.05, 3.63) is 56.7 Å². The van der Waals surface area contributed by atoms with Gasteiger partial charge in [-0.25, -0.2) is 9.69 Å². The number of carbonyl (C=O) groups excluding carboxylic acids is 1. The van der Waals surface area contributed by atoms with Crippen molar-refractivity contribution in [2.24, 2.45) is 5.92 Å². The van der Waals surface area contributed by atoms with Gasteiger partial charge in [-0.15, -0.1) is 0 Å².